The third-order valence-electron chi connectivity index (χ3n) is 4.09. The Bertz CT molecular complexity index is 674. The van der Waals surface area contributed by atoms with Gasteiger partial charge in [0, 0.05) is 37.8 Å². The highest BCUT2D eigenvalue weighted by molar-refractivity contribution is 7.17. The molecule has 0 saturated carbocycles. The Balaban J connectivity index is 1.78. The van der Waals surface area contributed by atoms with Crippen LogP contribution in [0.15, 0.2) is 23.7 Å². The quantitative estimate of drug-likeness (QED) is 0.809. The van der Waals surface area contributed by atoms with Crippen LogP contribution >= 0.6 is 11.3 Å². The molecule has 4 nitrogen and oxygen atoms in total. The minimum absolute atomic E-state index is 0.255. The van der Waals surface area contributed by atoms with Crippen molar-refractivity contribution in [3.63, 3.8) is 0 Å². The molecule has 0 N–H and O–H groups in total. The SMILES string of the molecule is CC(C)(C)C(=O)N1CCCN(c2ccnc3ccsc23)CC1. The van der Waals surface area contributed by atoms with E-state index in [-0.39, 0.29) is 11.3 Å². The van der Waals surface area contributed by atoms with Gasteiger partial charge in [0.1, 0.15) is 0 Å². The minimum atomic E-state index is -0.299. The van der Waals surface area contributed by atoms with Gasteiger partial charge in [0.2, 0.25) is 5.91 Å². The third-order valence-corrected chi connectivity index (χ3v) is 5.01. The molecule has 0 radical (unpaired) electrons. The second-order valence-corrected chi connectivity index (χ2v) is 7.76. The van der Waals surface area contributed by atoms with E-state index in [1.165, 1.54) is 10.4 Å². The minimum Gasteiger partial charge on any atom is -0.368 e. The fraction of sp³-hybridized carbons (Fsp3) is 0.529. The number of anilines is 1. The van der Waals surface area contributed by atoms with E-state index in [2.05, 4.69) is 27.4 Å². The van der Waals surface area contributed by atoms with E-state index in [0.717, 1.165) is 38.1 Å². The van der Waals surface area contributed by atoms with Crippen LogP contribution in [0, 0.1) is 5.41 Å². The summed E-state index contributed by atoms with van der Waals surface area (Å²) in [7, 11) is 0. The lowest BCUT2D eigenvalue weighted by Crippen LogP contribution is -2.41. The molecule has 1 aliphatic rings. The topological polar surface area (TPSA) is 36.4 Å². The second kappa shape index (κ2) is 5.88. The average Bonchev–Trinajstić information content (AvgIpc) is 2.82. The van der Waals surface area contributed by atoms with Crippen molar-refractivity contribution in [3.8, 4) is 0 Å². The van der Waals surface area contributed by atoms with Gasteiger partial charge in [-0.1, -0.05) is 20.8 Å². The molecule has 0 aromatic carbocycles. The predicted octanol–water partition coefficient (Wildman–Crippen LogP) is 3.38. The van der Waals surface area contributed by atoms with Crippen molar-refractivity contribution in [1.29, 1.82) is 0 Å². The van der Waals surface area contributed by atoms with Crippen LogP contribution in [0.4, 0.5) is 5.69 Å². The van der Waals surface area contributed by atoms with Crippen molar-refractivity contribution in [2.24, 2.45) is 5.41 Å². The summed E-state index contributed by atoms with van der Waals surface area (Å²) in [6.07, 6.45) is 2.89. The van der Waals surface area contributed by atoms with Gasteiger partial charge in [-0.2, -0.15) is 0 Å². The number of rotatable bonds is 1. The van der Waals surface area contributed by atoms with Crippen molar-refractivity contribution < 1.29 is 4.79 Å². The second-order valence-electron chi connectivity index (χ2n) is 6.85. The fourth-order valence-electron chi connectivity index (χ4n) is 2.94. The lowest BCUT2D eigenvalue weighted by Gasteiger charge is -2.28. The molecule has 0 atom stereocenters. The molecule has 1 fully saturated rings. The first-order chi connectivity index (χ1) is 10.5. The fourth-order valence-corrected chi connectivity index (χ4v) is 3.84. The molecular weight excluding hydrogens is 294 g/mol. The monoisotopic (exact) mass is 317 g/mol. The molecule has 0 spiro atoms. The number of hydrogen-bond donors (Lipinski definition) is 0. The first kappa shape index (κ1) is 15.3. The van der Waals surface area contributed by atoms with Crippen LogP contribution in [-0.2, 0) is 4.79 Å². The van der Waals surface area contributed by atoms with Gasteiger partial charge in [0.25, 0.3) is 0 Å². The molecule has 3 heterocycles. The summed E-state index contributed by atoms with van der Waals surface area (Å²) in [5.41, 5.74) is 2.02. The van der Waals surface area contributed by atoms with Gasteiger partial charge >= 0.3 is 0 Å². The first-order valence-corrected chi connectivity index (χ1v) is 8.71. The van der Waals surface area contributed by atoms with Crippen LogP contribution in [0.25, 0.3) is 10.2 Å². The zero-order chi connectivity index (χ0) is 15.7. The Kier molecular flexibility index (Phi) is 4.08. The molecule has 3 rings (SSSR count). The normalized spacial score (nSPS) is 16.9. The zero-order valence-corrected chi connectivity index (χ0v) is 14.3. The smallest absolute Gasteiger partial charge is 0.228 e. The molecule has 2 aromatic heterocycles. The largest absolute Gasteiger partial charge is 0.368 e. The van der Waals surface area contributed by atoms with Gasteiger partial charge in [-0.25, -0.2) is 0 Å². The van der Waals surface area contributed by atoms with E-state index in [4.69, 9.17) is 0 Å². The summed E-state index contributed by atoms with van der Waals surface area (Å²) in [5.74, 6) is 0.255. The molecule has 1 amide bonds. The van der Waals surface area contributed by atoms with Crippen LogP contribution in [0.2, 0.25) is 0 Å². The van der Waals surface area contributed by atoms with Gasteiger partial charge in [0.15, 0.2) is 0 Å². The van der Waals surface area contributed by atoms with E-state index in [0.29, 0.717) is 0 Å². The van der Waals surface area contributed by atoms with Gasteiger partial charge < -0.3 is 9.80 Å². The Morgan fingerprint density at radius 1 is 1.18 bits per heavy atom. The summed E-state index contributed by atoms with van der Waals surface area (Å²) in [4.78, 5) is 21.3. The van der Waals surface area contributed by atoms with E-state index in [1.807, 2.05) is 31.9 Å². The molecule has 0 unspecified atom stereocenters. The number of fused-ring (bicyclic) bond motifs is 1. The molecule has 0 bridgehead atoms. The van der Waals surface area contributed by atoms with Crippen LogP contribution in [0.5, 0.6) is 0 Å². The van der Waals surface area contributed by atoms with Gasteiger partial charge in [0.05, 0.1) is 15.9 Å². The van der Waals surface area contributed by atoms with Crippen LogP contribution < -0.4 is 4.90 Å². The molecule has 1 aliphatic heterocycles. The summed E-state index contributed by atoms with van der Waals surface area (Å²) in [6.45, 7) is 9.52. The maximum Gasteiger partial charge on any atom is 0.228 e. The van der Waals surface area contributed by atoms with Gasteiger partial charge in [-0.15, -0.1) is 11.3 Å². The Morgan fingerprint density at radius 2 is 2.00 bits per heavy atom. The molecule has 22 heavy (non-hydrogen) atoms. The molecule has 5 heteroatoms. The Hall–Kier alpha value is -1.62. The predicted molar refractivity (Wildman–Crippen MR) is 92.5 cm³/mol. The number of carbonyl (C=O) groups is 1. The van der Waals surface area contributed by atoms with Crippen molar-refractivity contribution in [2.45, 2.75) is 27.2 Å². The lowest BCUT2D eigenvalue weighted by molar-refractivity contribution is -0.139. The molecule has 1 saturated heterocycles. The van der Waals surface area contributed by atoms with Gasteiger partial charge in [-0.05, 0) is 23.9 Å². The van der Waals surface area contributed by atoms with Crippen molar-refractivity contribution >= 4 is 33.1 Å². The maximum atomic E-state index is 12.5. The average molecular weight is 317 g/mol. The number of nitrogens with zero attached hydrogens (tertiary/aromatic N) is 3. The Morgan fingerprint density at radius 3 is 2.77 bits per heavy atom. The number of aromatic nitrogens is 1. The summed E-state index contributed by atoms with van der Waals surface area (Å²) >= 11 is 1.74. The summed E-state index contributed by atoms with van der Waals surface area (Å²) < 4.78 is 1.25. The van der Waals surface area contributed by atoms with Crippen molar-refractivity contribution in [2.75, 3.05) is 31.1 Å². The number of thiophene rings is 1. The number of carbonyl (C=O) groups excluding carboxylic acids is 1. The molecule has 0 aliphatic carbocycles. The van der Waals surface area contributed by atoms with E-state index >= 15 is 0 Å². The van der Waals surface area contributed by atoms with Gasteiger partial charge in [-0.3, -0.25) is 9.78 Å². The van der Waals surface area contributed by atoms with Crippen LogP contribution in [-0.4, -0.2) is 42.0 Å². The maximum absolute atomic E-state index is 12.5. The third kappa shape index (κ3) is 2.95. The standard InChI is InChI=1S/C17H23N3OS/c1-17(2,3)16(21)20-9-4-8-19(10-11-20)14-5-7-18-13-6-12-22-15(13)14/h5-7,12H,4,8-11H2,1-3H3. The Labute approximate surface area is 135 Å². The number of hydrogen-bond acceptors (Lipinski definition) is 4. The van der Waals surface area contributed by atoms with E-state index < -0.39 is 0 Å². The molecule has 118 valence electrons. The van der Waals surface area contributed by atoms with Crippen molar-refractivity contribution in [1.82, 2.24) is 9.88 Å². The highest BCUT2D eigenvalue weighted by atomic mass is 32.1. The summed E-state index contributed by atoms with van der Waals surface area (Å²) in [5, 5.41) is 2.09. The number of pyridine rings is 1. The molecular formula is C17H23N3OS. The molecule has 2 aromatic rings. The van der Waals surface area contributed by atoms with E-state index in [1.54, 1.807) is 11.3 Å². The van der Waals surface area contributed by atoms with Crippen LogP contribution in [0.3, 0.4) is 0 Å². The van der Waals surface area contributed by atoms with E-state index in [9.17, 15) is 4.79 Å². The summed E-state index contributed by atoms with van der Waals surface area (Å²) in [6, 6.07) is 4.16. The highest BCUT2D eigenvalue weighted by Crippen LogP contribution is 2.30. The lowest BCUT2D eigenvalue weighted by atomic mass is 9.94. The van der Waals surface area contributed by atoms with Crippen molar-refractivity contribution in [3.05, 3.63) is 23.7 Å². The van der Waals surface area contributed by atoms with Crippen LogP contribution in [0.1, 0.15) is 27.2 Å². The first-order valence-electron chi connectivity index (χ1n) is 7.83. The number of amides is 1. The zero-order valence-electron chi connectivity index (χ0n) is 13.5. The highest BCUT2D eigenvalue weighted by Gasteiger charge is 2.28.